The first kappa shape index (κ1) is 21.0. The second-order valence-corrected chi connectivity index (χ2v) is 8.56. The van der Waals surface area contributed by atoms with Crippen LogP contribution in [0.5, 0.6) is 0 Å². The van der Waals surface area contributed by atoms with Crippen LogP contribution in [-0.4, -0.2) is 27.4 Å². The molecule has 0 fully saturated rings. The van der Waals surface area contributed by atoms with Crippen LogP contribution in [0.2, 0.25) is 0 Å². The Hall–Kier alpha value is -2.71. The van der Waals surface area contributed by atoms with Crippen molar-refractivity contribution in [2.24, 2.45) is 4.99 Å². The highest BCUT2D eigenvalue weighted by atomic mass is 32.2. The predicted octanol–water partition coefficient (Wildman–Crippen LogP) is 4.73. The largest absolute Gasteiger partial charge is 0.315 e. The lowest BCUT2D eigenvalue weighted by molar-refractivity contribution is -0.384. The smallest absolute Gasteiger partial charge is 0.272 e. The minimum absolute atomic E-state index is 0.0122. The van der Waals surface area contributed by atoms with Gasteiger partial charge in [0.1, 0.15) is 0 Å². The number of carbonyl (C=O) groups excluding carboxylic acids is 1. The van der Waals surface area contributed by atoms with Gasteiger partial charge in [0.15, 0.2) is 4.80 Å². The Labute approximate surface area is 176 Å². The van der Waals surface area contributed by atoms with E-state index in [0.717, 1.165) is 22.5 Å². The molecule has 1 heterocycles. The summed E-state index contributed by atoms with van der Waals surface area (Å²) >= 11 is 3.25. The Morgan fingerprint density at radius 3 is 2.83 bits per heavy atom. The molecule has 1 amide bonds. The van der Waals surface area contributed by atoms with E-state index in [2.05, 4.69) is 41.8 Å². The molecule has 0 aliphatic heterocycles. The highest BCUT2D eigenvalue weighted by Gasteiger charge is 2.10. The van der Waals surface area contributed by atoms with Gasteiger partial charge in [0.25, 0.3) is 11.6 Å². The lowest BCUT2D eigenvalue weighted by atomic mass is 10.1. The maximum absolute atomic E-state index is 12.5. The van der Waals surface area contributed by atoms with Gasteiger partial charge >= 0.3 is 0 Å². The Morgan fingerprint density at radius 1 is 1.31 bits per heavy atom. The quantitative estimate of drug-likeness (QED) is 0.324. The number of non-ortho nitro benzene ring substituents is 1. The number of aromatic nitrogens is 1. The van der Waals surface area contributed by atoms with Crippen molar-refractivity contribution >= 4 is 51.0 Å². The first-order valence-corrected chi connectivity index (χ1v) is 11.2. The summed E-state index contributed by atoms with van der Waals surface area (Å²) < 4.78 is 3.22. The molecule has 0 radical (unpaired) electrons. The van der Waals surface area contributed by atoms with E-state index in [1.54, 1.807) is 30.0 Å². The van der Waals surface area contributed by atoms with Crippen LogP contribution in [0.25, 0.3) is 16.3 Å². The van der Waals surface area contributed by atoms with Crippen LogP contribution in [-0.2, 0) is 11.3 Å². The van der Waals surface area contributed by atoms with E-state index in [0.29, 0.717) is 10.4 Å². The second kappa shape index (κ2) is 9.19. The van der Waals surface area contributed by atoms with Gasteiger partial charge in [-0.05, 0) is 48.9 Å². The molecular weight excluding hydrogens is 406 g/mol. The number of thioether (sulfide) groups is 1. The topological polar surface area (TPSA) is 77.5 Å². The van der Waals surface area contributed by atoms with E-state index < -0.39 is 10.8 Å². The van der Waals surface area contributed by atoms with Crippen molar-refractivity contribution in [1.29, 1.82) is 0 Å². The average Bonchev–Trinajstić information content (AvgIpc) is 3.02. The van der Waals surface area contributed by atoms with Gasteiger partial charge in [0.2, 0.25) is 0 Å². The van der Waals surface area contributed by atoms with Gasteiger partial charge in [0, 0.05) is 30.5 Å². The fraction of sp³-hybridized carbons (Fsp3) is 0.238. The zero-order valence-electron chi connectivity index (χ0n) is 16.4. The van der Waals surface area contributed by atoms with Crippen LogP contribution >= 0.6 is 23.1 Å². The number of carbonyl (C=O) groups is 1. The lowest BCUT2D eigenvalue weighted by Gasteiger charge is -2.05. The van der Waals surface area contributed by atoms with Crippen LogP contribution < -0.4 is 4.80 Å². The maximum atomic E-state index is 12.5. The molecule has 29 heavy (non-hydrogen) atoms. The normalized spacial score (nSPS) is 12.2. The fourth-order valence-electron chi connectivity index (χ4n) is 3.04. The molecule has 0 bridgehead atoms. The molecule has 0 aliphatic carbocycles. The number of hydrogen-bond acceptors (Lipinski definition) is 5. The lowest BCUT2D eigenvalue weighted by Crippen LogP contribution is -2.17. The van der Waals surface area contributed by atoms with Crippen molar-refractivity contribution in [3.63, 3.8) is 0 Å². The zero-order chi connectivity index (χ0) is 21.0. The number of nitrogens with zero attached hydrogens (tertiary/aromatic N) is 3. The molecule has 0 saturated carbocycles. The molecule has 0 spiro atoms. The van der Waals surface area contributed by atoms with Gasteiger partial charge in [0.05, 0.1) is 15.1 Å². The summed E-state index contributed by atoms with van der Waals surface area (Å²) in [6.45, 7) is 4.90. The van der Waals surface area contributed by atoms with Crippen LogP contribution in [0, 0.1) is 24.0 Å². The number of thiazole rings is 1. The molecule has 6 nitrogen and oxygen atoms in total. The first-order chi connectivity index (χ1) is 13.9. The minimum atomic E-state index is -0.459. The third kappa shape index (κ3) is 5.02. The number of nitro groups is 1. The zero-order valence-corrected chi connectivity index (χ0v) is 18.0. The number of hydrogen-bond donors (Lipinski definition) is 0. The Bertz CT molecular complexity index is 1180. The Morgan fingerprint density at radius 2 is 2.10 bits per heavy atom. The second-order valence-electron chi connectivity index (χ2n) is 6.59. The molecule has 3 aromatic rings. The SMILES string of the molecule is CSCCn1c(=NC(=O)/C=C/c2cccc([N+](=O)[O-])c2)sc2c(C)cc(C)cc21. The van der Waals surface area contributed by atoms with Crippen molar-refractivity contribution in [2.75, 3.05) is 12.0 Å². The molecule has 0 atom stereocenters. The molecule has 0 aliphatic rings. The van der Waals surface area contributed by atoms with Crippen LogP contribution in [0.1, 0.15) is 16.7 Å². The molecule has 0 saturated heterocycles. The van der Waals surface area contributed by atoms with E-state index in [4.69, 9.17) is 0 Å². The van der Waals surface area contributed by atoms with Gasteiger partial charge in [-0.15, -0.1) is 0 Å². The van der Waals surface area contributed by atoms with Crippen molar-refractivity contribution in [1.82, 2.24) is 4.57 Å². The third-order valence-corrected chi connectivity index (χ3v) is 6.16. The highest BCUT2D eigenvalue weighted by molar-refractivity contribution is 7.98. The van der Waals surface area contributed by atoms with Crippen LogP contribution in [0.15, 0.2) is 47.5 Å². The Balaban J connectivity index is 1.98. The number of benzene rings is 2. The van der Waals surface area contributed by atoms with Crippen LogP contribution in [0.3, 0.4) is 0 Å². The van der Waals surface area contributed by atoms with E-state index >= 15 is 0 Å². The monoisotopic (exact) mass is 427 g/mol. The number of rotatable bonds is 6. The summed E-state index contributed by atoms with van der Waals surface area (Å²) in [4.78, 5) is 27.9. The van der Waals surface area contributed by atoms with Crippen molar-refractivity contribution in [2.45, 2.75) is 20.4 Å². The Kier molecular flexibility index (Phi) is 6.66. The number of nitro benzene ring substituents is 1. The van der Waals surface area contributed by atoms with Gasteiger partial charge in [-0.2, -0.15) is 16.8 Å². The van der Waals surface area contributed by atoms with E-state index in [1.165, 1.54) is 40.7 Å². The molecular formula is C21H21N3O3S2. The molecule has 8 heteroatoms. The third-order valence-electron chi connectivity index (χ3n) is 4.34. The summed E-state index contributed by atoms with van der Waals surface area (Å²) in [6.07, 6.45) is 4.95. The van der Waals surface area contributed by atoms with Crippen molar-refractivity contribution in [3.05, 3.63) is 74.1 Å². The molecule has 150 valence electrons. The molecule has 0 unspecified atom stereocenters. The van der Waals surface area contributed by atoms with E-state index in [-0.39, 0.29) is 5.69 Å². The molecule has 0 N–H and O–H groups in total. The summed E-state index contributed by atoms with van der Waals surface area (Å²) in [6, 6.07) is 10.4. The van der Waals surface area contributed by atoms with E-state index in [1.807, 2.05) is 0 Å². The number of aryl methyl sites for hydroxylation is 3. The summed E-state index contributed by atoms with van der Waals surface area (Å²) in [5.74, 6) is 0.527. The standard InChI is InChI=1S/C21H21N3O3S2/c1-14-11-15(2)20-18(12-14)23(9-10-28-3)21(29-20)22-19(25)8-7-16-5-4-6-17(13-16)24(26)27/h4-8,11-13H,9-10H2,1-3H3/b8-7+,22-21?. The highest BCUT2D eigenvalue weighted by Crippen LogP contribution is 2.23. The average molecular weight is 428 g/mol. The summed E-state index contributed by atoms with van der Waals surface area (Å²) in [7, 11) is 0. The van der Waals surface area contributed by atoms with E-state index in [9.17, 15) is 14.9 Å². The van der Waals surface area contributed by atoms with Gasteiger partial charge in [-0.1, -0.05) is 29.5 Å². The number of fused-ring (bicyclic) bond motifs is 1. The fourth-order valence-corrected chi connectivity index (χ4v) is 4.51. The van der Waals surface area contributed by atoms with Gasteiger partial charge < -0.3 is 4.57 Å². The summed E-state index contributed by atoms with van der Waals surface area (Å²) in [5.41, 5.74) is 4.01. The summed E-state index contributed by atoms with van der Waals surface area (Å²) in [5, 5.41) is 10.9. The van der Waals surface area contributed by atoms with Gasteiger partial charge in [-0.3, -0.25) is 14.9 Å². The van der Waals surface area contributed by atoms with Crippen molar-refractivity contribution < 1.29 is 9.72 Å². The molecule has 1 aromatic heterocycles. The van der Waals surface area contributed by atoms with Crippen molar-refractivity contribution in [3.8, 4) is 0 Å². The van der Waals surface area contributed by atoms with Crippen LogP contribution in [0.4, 0.5) is 5.69 Å². The first-order valence-electron chi connectivity index (χ1n) is 9.00. The van der Waals surface area contributed by atoms with Gasteiger partial charge in [-0.25, -0.2) is 0 Å². The molecule has 2 aromatic carbocycles. The predicted molar refractivity (Wildman–Crippen MR) is 120 cm³/mol. The maximum Gasteiger partial charge on any atom is 0.272 e. The molecule has 3 rings (SSSR count). The number of amides is 1. The minimum Gasteiger partial charge on any atom is -0.315 e.